The summed E-state index contributed by atoms with van der Waals surface area (Å²) in [6, 6.07) is 38.9. The van der Waals surface area contributed by atoms with Crippen LogP contribution in [-0.4, -0.2) is 193 Å². The van der Waals surface area contributed by atoms with E-state index in [1.165, 1.54) is 86.7 Å². The summed E-state index contributed by atoms with van der Waals surface area (Å²) in [4.78, 5) is 84.5. The van der Waals surface area contributed by atoms with Crippen molar-refractivity contribution >= 4 is 85.9 Å². The van der Waals surface area contributed by atoms with Crippen molar-refractivity contribution in [3.63, 3.8) is 0 Å². The van der Waals surface area contributed by atoms with Crippen LogP contribution in [0.4, 0.5) is 20.4 Å². The Morgan fingerprint density at radius 3 is 1.27 bits per heavy atom. The van der Waals surface area contributed by atoms with E-state index >= 15 is 0 Å². The molecule has 2 unspecified atom stereocenters. The summed E-state index contributed by atoms with van der Waals surface area (Å²) in [7, 11) is 2.40. The number of ketones is 2. The molecule has 7 aromatic rings. The van der Waals surface area contributed by atoms with Gasteiger partial charge in [-0.25, -0.2) is 38.3 Å². The molecule has 2 aromatic heterocycles. The van der Waals surface area contributed by atoms with E-state index in [4.69, 9.17) is 69.4 Å². The first-order chi connectivity index (χ1) is 61.5. The van der Waals surface area contributed by atoms with Gasteiger partial charge < -0.3 is 80.3 Å². The topological polar surface area (TPSA) is 368 Å². The SMILES string of the molecule is C.C.CC1=CCC(COCc2ccccc2)CC1.CCOC(=O)C1CCC(=O)CC1.CCOC(=O)C1CCC2(CC1)OCCO2.COC(=O)c1ccc(-c2nc(Br)cnc2N)cc1F.COC(=O)c1ccc(-c2nc(C3=CCC(COCc4ccccc4)CC3)cnc2N)cc1F.O=C1CCC(COCc2ccccc2)CC1.OCC1CCC2(CC1)OCCO2.OCCO.[AlH3].[H-].[HH].[Li+]. The molecule has 2 saturated heterocycles. The molecule has 0 amide bonds. The molecular formula is C100H141AlBrF2LiN6O20. The zero-order valence-corrected chi connectivity index (χ0v) is 76.5. The van der Waals surface area contributed by atoms with Gasteiger partial charge in [0.1, 0.15) is 50.8 Å². The number of hydrogen-bond donors (Lipinski definition) is 5. The second-order valence-corrected chi connectivity index (χ2v) is 33.0. The van der Waals surface area contributed by atoms with Gasteiger partial charge in [-0.05, 0) is 197 Å². The minimum Gasteiger partial charge on any atom is -1.00 e. The molecule has 8 aliphatic rings. The van der Waals surface area contributed by atoms with Crippen LogP contribution in [-0.2, 0) is 91.1 Å². The number of hydrogen-bond acceptors (Lipinski definition) is 26. The fourth-order valence-corrected chi connectivity index (χ4v) is 15.7. The summed E-state index contributed by atoms with van der Waals surface area (Å²) in [5.41, 5.74) is 20.0. The second-order valence-electron chi connectivity index (χ2n) is 32.2. The number of carbonyl (C=O) groups excluding carboxylic acids is 6. The monoisotopic (exact) mass is 1900 g/mol. The number of esters is 4. The average molecular weight is 1900 g/mol. The molecule has 5 aromatic carbocycles. The van der Waals surface area contributed by atoms with Gasteiger partial charge in [0.15, 0.2) is 28.9 Å². The van der Waals surface area contributed by atoms with E-state index < -0.39 is 23.6 Å². The van der Waals surface area contributed by atoms with Crippen molar-refractivity contribution in [3.8, 4) is 22.5 Å². The molecule has 0 radical (unpaired) electrons. The van der Waals surface area contributed by atoms with Gasteiger partial charge in [-0.2, -0.15) is 0 Å². The van der Waals surface area contributed by atoms with E-state index in [0.717, 1.165) is 147 Å². The number of benzene rings is 5. The Morgan fingerprint density at radius 2 is 0.893 bits per heavy atom. The number of aliphatic hydroxyl groups is 3. The summed E-state index contributed by atoms with van der Waals surface area (Å²) >= 11 is 3.16. The Labute approximate surface area is 806 Å². The van der Waals surface area contributed by atoms with Crippen LogP contribution in [0.2, 0.25) is 0 Å². The molecule has 0 bridgehead atoms. The fourth-order valence-electron chi connectivity index (χ4n) is 15.5. The van der Waals surface area contributed by atoms with Crippen LogP contribution in [0.25, 0.3) is 28.1 Å². The van der Waals surface area contributed by atoms with Gasteiger partial charge in [-0.1, -0.05) is 136 Å². The van der Waals surface area contributed by atoms with E-state index in [-0.39, 0.29) is 131 Å². The Balaban J connectivity index is 0.000000532. The van der Waals surface area contributed by atoms with Crippen LogP contribution in [0, 0.1) is 47.1 Å². The van der Waals surface area contributed by atoms with Crippen molar-refractivity contribution < 1.29 is 127 Å². The Bertz CT molecular complexity index is 4570. The Kier molecular flexibility index (Phi) is 55.3. The van der Waals surface area contributed by atoms with Crippen LogP contribution in [0.15, 0.2) is 162 Å². The first kappa shape index (κ1) is 115. The first-order valence-corrected chi connectivity index (χ1v) is 44.9. The molecule has 4 saturated carbocycles. The Hall–Kier alpha value is -8.37. The predicted molar refractivity (Wildman–Crippen MR) is 507 cm³/mol. The van der Waals surface area contributed by atoms with Crippen molar-refractivity contribution in [1.29, 1.82) is 0 Å². The van der Waals surface area contributed by atoms with Crippen molar-refractivity contribution in [1.82, 2.24) is 19.9 Å². The molecule has 26 nitrogen and oxygen atoms in total. The van der Waals surface area contributed by atoms with Crippen molar-refractivity contribution in [2.24, 2.45) is 35.5 Å². The average Bonchev–Trinajstić information content (AvgIpc) is 1.74. The maximum atomic E-state index is 14.4. The third kappa shape index (κ3) is 40.0. The van der Waals surface area contributed by atoms with E-state index in [1.54, 1.807) is 24.8 Å². The second kappa shape index (κ2) is 63.0. The molecule has 131 heavy (non-hydrogen) atoms. The fraction of sp³-hybridized carbons (Fsp3) is 0.520. The van der Waals surface area contributed by atoms with E-state index in [0.29, 0.717) is 129 Å². The number of ether oxygens (including phenoxy) is 11. The summed E-state index contributed by atoms with van der Waals surface area (Å²) in [5, 5.41) is 24.2. The molecule has 4 heterocycles. The summed E-state index contributed by atoms with van der Waals surface area (Å²) in [6.07, 6.45) is 27.3. The third-order valence-corrected chi connectivity index (χ3v) is 23.3. The predicted octanol–water partition coefficient (Wildman–Crippen LogP) is 14.5. The number of nitrogens with two attached hydrogens (primary N) is 2. The molecule has 6 fully saturated rings. The molecule has 2 spiro atoms. The minimum atomic E-state index is -0.739. The molecule has 7 N–H and O–H groups in total. The third-order valence-electron chi connectivity index (χ3n) is 22.9. The summed E-state index contributed by atoms with van der Waals surface area (Å²) < 4.78 is 87.3. The molecule has 31 heteroatoms. The standard InChI is InChI=1S/C26H26FN3O3.C15H20O.C14H18O2.C12H9BrFN3O2.C11H18O4.C9H16O3.C9H14O3.C2H6O2.2CH4.Al.Li.H2.4H/c1-32-26(31)21-12-11-20(13-22(21)27)24-25(28)29-14-23(30-24)19-9-7-18(8-10-19)16-33-15-17-5-3-2-4-6-17;1-13-7-9-15(10-8-13)12-16-11-14-5-3-2-4-6-14;15-14-8-6-13(7-9-14)11-16-10-12-4-2-1-3-5-12;1-19-12(18)7-3-2-6(4-8(7)14)10-11(15)16-5-9(13)17-10;1-2-13-10(12)9-3-5-11(6-4-9)14-7-8-15-11;10-7-8-1-3-9(4-2-8)11-5-6-12-9;1-2-12-9(11)7-3-5-8(10)6-4-7;3-1-2-4;;;;;;;;;/h2-6,9,11-14,18H,7-8,10,15-16H2,1H3,(H2,28,29);2-7,15H,8-12H2,1H3;1-5,13H,6-11H2;2-5H,1H3,(H2,15,16);9H,2-8H2,1H3;8,10H,1-7H2;7H,2-6H2,1H3;3-4H,1-2H2;2*1H4;;;1H;;;;/q;;;;;;;;;;;+1;;;;;-1. The number of aromatic nitrogens is 4. The number of allylic oxidation sites excluding steroid dienone is 4. The van der Waals surface area contributed by atoms with Crippen molar-refractivity contribution in [2.45, 2.75) is 208 Å². The van der Waals surface area contributed by atoms with Crippen LogP contribution >= 0.6 is 15.9 Å². The van der Waals surface area contributed by atoms with Gasteiger partial charge in [-0.15, -0.1) is 0 Å². The summed E-state index contributed by atoms with van der Waals surface area (Å²) in [6.45, 7) is 14.1. The number of methoxy groups -OCH3 is 2. The van der Waals surface area contributed by atoms with Crippen LogP contribution in [0.5, 0.6) is 0 Å². The zero-order chi connectivity index (χ0) is 91.2. The maximum Gasteiger partial charge on any atom is 1.00 e. The molecule has 716 valence electrons. The Morgan fingerprint density at radius 1 is 0.511 bits per heavy atom. The smallest absolute Gasteiger partial charge is 1.00 e. The van der Waals surface area contributed by atoms with Crippen molar-refractivity contribution in [2.75, 3.05) is 105 Å². The number of nitrogens with zero attached hydrogens (tertiary/aromatic N) is 4. The van der Waals surface area contributed by atoms with E-state index in [1.807, 2.05) is 49.4 Å². The van der Waals surface area contributed by atoms with E-state index in [2.05, 4.69) is 113 Å². The minimum absolute atomic E-state index is 0. The van der Waals surface area contributed by atoms with Crippen LogP contribution in [0.3, 0.4) is 0 Å². The maximum absolute atomic E-state index is 14.4. The van der Waals surface area contributed by atoms with Gasteiger partial charge in [0.25, 0.3) is 0 Å². The zero-order valence-electron chi connectivity index (χ0n) is 75.9. The number of halogens is 3. The molecule has 15 rings (SSSR count). The number of Topliss-reactive ketones (excluding diaryl/α,β-unsaturated/α-hetero) is 2. The van der Waals surface area contributed by atoms with Gasteiger partial charge in [-0.3, -0.25) is 19.2 Å². The molecular weight excluding hydrogens is 1760 g/mol. The largest absolute Gasteiger partial charge is 1.00 e. The van der Waals surface area contributed by atoms with Crippen molar-refractivity contribution in [3.05, 3.63) is 207 Å². The number of carbonyl (C=O) groups is 6. The number of anilines is 2. The molecule has 6 aliphatic carbocycles. The van der Waals surface area contributed by atoms with Gasteiger partial charge in [0, 0.05) is 77.1 Å². The molecule has 2 aliphatic heterocycles. The molecule has 2 atom stereocenters. The quantitative estimate of drug-likeness (QED) is 0.0172. The number of nitrogen functional groups attached to an aromatic ring is 2. The first-order valence-electron chi connectivity index (χ1n) is 44.1. The number of aliphatic hydroxyl groups excluding tert-OH is 3. The van der Waals surface area contributed by atoms with E-state index in [9.17, 15) is 37.5 Å². The normalized spacial score (nSPS) is 18.2. The van der Waals surface area contributed by atoms with Gasteiger partial charge >= 0.3 is 42.7 Å². The summed E-state index contributed by atoms with van der Waals surface area (Å²) in [5.74, 6) is -0.368. The van der Waals surface area contributed by atoms with Crippen LogP contribution < -0.4 is 30.3 Å². The van der Waals surface area contributed by atoms with Crippen LogP contribution in [0.1, 0.15) is 223 Å². The van der Waals surface area contributed by atoms with Gasteiger partial charge in [0.2, 0.25) is 0 Å². The van der Waals surface area contributed by atoms with Gasteiger partial charge in [0.05, 0.1) is 141 Å². The number of rotatable bonds is 23.